The summed E-state index contributed by atoms with van der Waals surface area (Å²) in [5, 5.41) is 18.4. The van der Waals surface area contributed by atoms with E-state index in [2.05, 4.69) is 15.4 Å². The summed E-state index contributed by atoms with van der Waals surface area (Å²) < 4.78 is 1.68. The average Bonchev–Trinajstić information content (AvgIpc) is 3.16. The molecule has 1 aliphatic carbocycles. The van der Waals surface area contributed by atoms with Crippen LogP contribution in [0, 0.1) is 5.92 Å². The minimum absolute atomic E-state index is 0.0860. The second-order valence-corrected chi connectivity index (χ2v) is 6.32. The largest absolute Gasteiger partial charge is 0.481 e. The maximum atomic E-state index is 12.2. The summed E-state index contributed by atoms with van der Waals surface area (Å²) in [7, 11) is 1.82. The summed E-state index contributed by atoms with van der Waals surface area (Å²) >= 11 is 1.39. The maximum absolute atomic E-state index is 12.2. The topological polar surface area (TPSA) is 97.1 Å². The van der Waals surface area contributed by atoms with Gasteiger partial charge in [-0.05, 0) is 19.3 Å². The Bertz CT molecular complexity index is 709. The summed E-state index contributed by atoms with van der Waals surface area (Å²) in [5.74, 6) is -1.39. The Morgan fingerprint density at radius 2 is 2.27 bits per heavy atom. The second-order valence-electron chi connectivity index (χ2n) is 5.46. The highest BCUT2D eigenvalue weighted by Gasteiger charge is 2.31. The molecular formula is C14H16N4O3S. The van der Waals surface area contributed by atoms with Crippen molar-refractivity contribution in [3.8, 4) is 10.6 Å². The van der Waals surface area contributed by atoms with Crippen LogP contribution >= 0.6 is 11.3 Å². The van der Waals surface area contributed by atoms with Crippen LogP contribution in [0.15, 0.2) is 17.8 Å². The Morgan fingerprint density at radius 3 is 2.91 bits per heavy atom. The zero-order chi connectivity index (χ0) is 15.7. The van der Waals surface area contributed by atoms with E-state index in [1.54, 1.807) is 16.3 Å². The molecule has 0 spiro atoms. The highest BCUT2D eigenvalue weighted by molar-refractivity contribution is 7.13. The van der Waals surface area contributed by atoms with Gasteiger partial charge in [-0.2, -0.15) is 5.10 Å². The minimum Gasteiger partial charge on any atom is -0.481 e. The summed E-state index contributed by atoms with van der Waals surface area (Å²) in [6.45, 7) is 0. The number of carboxylic acids is 1. The van der Waals surface area contributed by atoms with Gasteiger partial charge in [-0.1, -0.05) is 0 Å². The van der Waals surface area contributed by atoms with Gasteiger partial charge in [0.25, 0.3) is 5.91 Å². The van der Waals surface area contributed by atoms with Gasteiger partial charge < -0.3 is 10.4 Å². The van der Waals surface area contributed by atoms with Gasteiger partial charge in [0.2, 0.25) is 0 Å². The van der Waals surface area contributed by atoms with Gasteiger partial charge in [-0.3, -0.25) is 14.3 Å². The number of hydrogen-bond donors (Lipinski definition) is 2. The van der Waals surface area contributed by atoms with Crippen molar-refractivity contribution in [2.24, 2.45) is 13.0 Å². The highest BCUT2D eigenvalue weighted by atomic mass is 32.1. The van der Waals surface area contributed by atoms with E-state index in [0.29, 0.717) is 25.0 Å². The van der Waals surface area contributed by atoms with E-state index >= 15 is 0 Å². The molecule has 0 bridgehead atoms. The summed E-state index contributed by atoms with van der Waals surface area (Å²) in [4.78, 5) is 27.5. The first-order chi connectivity index (χ1) is 10.5. The van der Waals surface area contributed by atoms with E-state index in [0.717, 1.165) is 10.6 Å². The normalized spacial score (nSPS) is 21.0. The summed E-state index contributed by atoms with van der Waals surface area (Å²) in [6, 6.07) is -0.0860. The molecule has 1 amide bonds. The molecule has 0 aliphatic heterocycles. The van der Waals surface area contributed by atoms with E-state index < -0.39 is 5.97 Å². The summed E-state index contributed by atoms with van der Waals surface area (Å²) in [5.41, 5.74) is 1.24. The molecule has 8 heteroatoms. The number of carbonyl (C=O) groups is 2. The predicted molar refractivity (Wildman–Crippen MR) is 80.5 cm³/mol. The minimum atomic E-state index is -0.788. The van der Waals surface area contributed by atoms with Gasteiger partial charge in [-0.25, -0.2) is 4.98 Å². The first kappa shape index (κ1) is 14.7. The first-order valence-corrected chi connectivity index (χ1v) is 7.89. The third-order valence-corrected chi connectivity index (χ3v) is 4.70. The fraction of sp³-hybridized carbons (Fsp3) is 0.429. The van der Waals surface area contributed by atoms with Crippen molar-refractivity contribution >= 4 is 23.2 Å². The van der Waals surface area contributed by atoms with Crippen molar-refractivity contribution < 1.29 is 14.7 Å². The van der Waals surface area contributed by atoms with E-state index in [4.69, 9.17) is 5.11 Å². The van der Waals surface area contributed by atoms with Gasteiger partial charge >= 0.3 is 5.97 Å². The average molecular weight is 320 g/mol. The van der Waals surface area contributed by atoms with Crippen LogP contribution in [0.4, 0.5) is 0 Å². The first-order valence-electron chi connectivity index (χ1n) is 7.01. The molecule has 2 aromatic heterocycles. The number of aromatic nitrogens is 3. The molecule has 2 aromatic rings. The summed E-state index contributed by atoms with van der Waals surface area (Å²) in [6.07, 6.45) is 5.34. The van der Waals surface area contributed by atoms with Gasteiger partial charge in [-0.15, -0.1) is 11.3 Å². The standard InChI is InChI=1S/C14H16N4O3S/c1-18-6-9(5-15-18)13-17-11(7-22-13)12(19)16-10-3-2-8(4-10)14(20)21/h5-8,10H,2-4H2,1H3,(H,16,19)(H,20,21)/t8-,10+/m0/s1. The zero-order valence-electron chi connectivity index (χ0n) is 12.0. The van der Waals surface area contributed by atoms with Crippen molar-refractivity contribution in [1.82, 2.24) is 20.1 Å². The molecule has 1 fully saturated rings. The zero-order valence-corrected chi connectivity index (χ0v) is 12.8. The van der Waals surface area contributed by atoms with Crippen LogP contribution < -0.4 is 5.32 Å². The molecule has 3 rings (SSSR count). The Hall–Kier alpha value is -2.22. The molecule has 0 radical (unpaired) electrons. The van der Waals surface area contributed by atoms with Crippen LogP contribution in [-0.2, 0) is 11.8 Å². The number of carbonyl (C=O) groups excluding carboxylic acids is 1. The van der Waals surface area contributed by atoms with E-state index in [1.807, 2.05) is 13.2 Å². The number of nitrogens with one attached hydrogen (secondary N) is 1. The van der Waals surface area contributed by atoms with Crippen LogP contribution in [0.2, 0.25) is 0 Å². The van der Waals surface area contributed by atoms with Crippen LogP contribution in [0.3, 0.4) is 0 Å². The molecule has 2 N–H and O–H groups in total. The third kappa shape index (κ3) is 3.01. The van der Waals surface area contributed by atoms with Crippen molar-refractivity contribution in [2.45, 2.75) is 25.3 Å². The fourth-order valence-corrected chi connectivity index (χ4v) is 3.41. The third-order valence-electron chi connectivity index (χ3n) is 3.81. The van der Waals surface area contributed by atoms with Gasteiger partial charge in [0, 0.05) is 30.2 Å². The van der Waals surface area contributed by atoms with E-state index in [-0.39, 0.29) is 17.9 Å². The molecule has 116 valence electrons. The second kappa shape index (κ2) is 5.88. The molecule has 0 aromatic carbocycles. The van der Waals surface area contributed by atoms with E-state index in [1.165, 1.54) is 11.3 Å². The quantitative estimate of drug-likeness (QED) is 0.890. The number of amides is 1. The molecular weight excluding hydrogens is 304 g/mol. The van der Waals surface area contributed by atoms with Crippen LogP contribution in [-0.4, -0.2) is 37.8 Å². The molecule has 7 nitrogen and oxygen atoms in total. The van der Waals surface area contributed by atoms with Gasteiger partial charge in [0.1, 0.15) is 10.7 Å². The fourth-order valence-electron chi connectivity index (χ4n) is 2.64. The number of thiazole rings is 1. The maximum Gasteiger partial charge on any atom is 0.306 e. The monoisotopic (exact) mass is 320 g/mol. The van der Waals surface area contributed by atoms with Crippen molar-refractivity contribution in [3.05, 3.63) is 23.5 Å². The molecule has 0 unspecified atom stereocenters. The molecule has 22 heavy (non-hydrogen) atoms. The van der Waals surface area contributed by atoms with Crippen LogP contribution in [0.5, 0.6) is 0 Å². The van der Waals surface area contributed by atoms with Gasteiger partial charge in [0.05, 0.1) is 12.1 Å². The molecule has 0 saturated heterocycles. The Labute approximate surface area is 131 Å². The lowest BCUT2D eigenvalue weighted by atomic mass is 10.1. The number of aliphatic carboxylic acids is 1. The lowest BCUT2D eigenvalue weighted by Crippen LogP contribution is -2.33. The molecule has 2 heterocycles. The lowest BCUT2D eigenvalue weighted by molar-refractivity contribution is -0.141. The number of hydrogen-bond acceptors (Lipinski definition) is 5. The predicted octanol–water partition coefficient (Wildman–Crippen LogP) is 1.53. The van der Waals surface area contributed by atoms with Crippen molar-refractivity contribution in [3.63, 3.8) is 0 Å². The number of rotatable bonds is 4. The smallest absolute Gasteiger partial charge is 0.306 e. The van der Waals surface area contributed by atoms with Crippen LogP contribution in [0.25, 0.3) is 10.6 Å². The van der Waals surface area contributed by atoms with E-state index in [9.17, 15) is 9.59 Å². The SMILES string of the molecule is Cn1cc(-c2nc(C(=O)N[C@@H]3CC[C@H](C(=O)O)C3)cs2)cn1. The van der Waals surface area contributed by atoms with Gasteiger partial charge in [0.15, 0.2) is 0 Å². The molecule has 2 atom stereocenters. The highest BCUT2D eigenvalue weighted by Crippen LogP contribution is 2.27. The Morgan fingerprint density at radius 1 is 1.45 bits per heavy atom. The Balaban J connectivity index is 1.64. The Kier molecular flexibility index (Phi) is 3.93. The number of aryl methyl sites for hydroxylation is 1. The van der Waals surface area contributed by atoms with Crippen molar-refractivity contribution in [2.75, 3.05) is 0 Å². The van der Waals surface area contributed by atoms with Crippen molar-refractivity contribution in [1.29, 1.82) is 0 Å². The lowest BCUT2D eigenvalue weighted by Gasteiger charge is -2.10. The number of carboxylic acid groups (broad SMARTS) is 1. The molecule has 1 saturated carbocycles. The molecule has 1 aliphatic rings. The number of nitrogens with zero attached hydrogens (tertiary/aromatic N) is 3. The van der Waals surface area contributed by atoms with Crippen LogP contribution in [0.1, 0.15) is 29.8 Å².